The normalized spacial score (nSPS) is 20.9. The molecule has 1 fully saturated rings. The van der Waals surface area contributed by atoms with Crippen LogP contribution in [0.1, 0.15) is 18.6 Å². The van der Waals surface area contributed by atoms with Crippen molar-refractivity contribution in [2.45, 2.75) is 19.1 Å². The molecule has 1 aliphatic rings. The van der Waals surface area contributed by atoms with E-state index in [0.717, 1.165) is 0 Å². The number of ether oxygens (including phenoxy) is 2. The maximum absolute atomic E-state index is 12.0. The summed E-state index contributed by atoms with van der Waals surface area (Å²) in [6.07, 6.45) is -0.106. The van der Waals surface area contributed by atoms with Gasteiger partial charge in [0.05, 0.1) is 17.6 Å². The van der Waals surface area contributed by atoms with E-state index in [0.29, 0.717) is 5.39 Å². The molecule has 0 aliphatic carbocycles. The number of H-pyrrole nitrogens is 1. The highest BCUT2D eigenvalue weighted by atomic mass is 16.6. The molecule has 0 aromatic carbocycles. The third-order valence-electron chi connectivity index (χ3n) is 3.09. The van der Waals surface area contributed by atoms with E-state index in [1.807, 2.05) is 0 Å². The van der Waals surface area contributed by atoms with Crippen LogP contribution in [0.2, 0.25) is 0 Å². The molecule has 7 heteroatoms. The Morgan fingerprint density at radius 2 is 2.40 bits per heavy atom. The second kappa shape index (κ2) is 4.61. The molecule has 1 saturated heterocycles. The summed E-state index contributed by atoms with van der Waals surface area (Å²) in [6.45, 7) is 1.91. The highest BCUT2D eigenvalue weighted by molar-refractivity contribution is 5.84. The smallest absolute Gasteiger partial charge is 0.338 e. The minimum atomic E-state index is -0.837. The minimum absolute atomic E-state index is 0.0311. The summed E-state index contributed by atoms with van der Waals surface area (Å²) in [5, 5.41) is 10.6. The summed E-state index contributed by atoms with van der Waals surface area (Å²) in [5.41, 5.74) is -0.207. The van der Waals surface area contributed by atoms with Crippen LogP contribution in [0.4, 0.5) is 0 Å². The fourth-order valence-electron chi connectivity index (χ4n) is 2.12. The molecule has 0 saturated carbocycles. The zero-order chi connectivity index (χ0) is 14.3. The number of hydrogen-bond acceptors (Lipinski definition) is 6. The topological polar surface area (TPSA) is 105 Å². The number of pyridine rings is 2. The van der Waals surface area contributed by atoms with Gasteiger partial charge >= 0.3 is 5.97 Å². The largest absolute Gasteiger partial charge is 0.507 e. The second-order valence-electron chi connectivity index (χ2n) is 4.35. The number of epoxide rings is 1. The third-order valence-corrected chi connectivity index (χ3v) is 3.09. The lowest BCUT2D eigenvalue weighted by molar-refractivity contribution is -0.144. The Morgan fingerprint density at radius 3 is 3.15 bits per heavy atom. The van der Waals surface area contributed by atoms with Crippen LogP contribution < -0.4 is 5.56 Å². The SMILES string of the molecule is CCOC(=O)C1OC1c1c(O)c2cccnc2[nH]c1=O. The lowest BCUT2D eigenvalue weighted by Crippen LogP contribution is -2.17. The molecule has 3 heterocycles. The van der Waals surface area contributed by atoms with Gasteiger partial charge in [0.2, 0.25) is 0 Å². The van der Waals surface area contributed by atoms with Gasteiger partial charge in [-0.25, -0.2) is 9.78 Å². The highest BCUT2D eigenvalue weighted by Gasteiger charge is 2.50. The molecule has 0 spiro atoms. The van der Waals surface area contributed by atoms with Crippen molar-refractivity contribution in [3.8, 4) is 5.75 Å². The van der Waals surface area contributed by atoms with E-state index in [-0.39, 0.29) is 23.6 Å². The summed E-state index contributed by atoms with van der Waals surface area (Å²) in [6, 6.07) is 3.26. The van der Waals surface area contributed by atoms with E-state index in [4.69, 9.17) is 9.47 Å². The molecule has 7 nitrogen and oxygen atoms in total. The molecule has 3 rings (SSSR count). The van der Waals surface area contributed by atoms with Crippen LogP contribution in [0, 0.1) is 0 Å². The maximum atomic E-state index is 12.0. The van der Waals surface area contributed by atoms with E-state index in [1.54, 1.807) is 19.1 Å². The van der Waals surface area contributed by atoms with Crippen molar-refractivity contribution in [3.63, 3.8) is 0 Å². The summed E-state index contributed by atoms with van der Waals surface area (Å²) in [4.78, 5) is 30.0. The van der Waals surface area contributed by atoms with Crippen molar-refractivity contribution < 1.29 is 19.4 Å². The minimum Gasteiger partial charge on any atom is -0.507 e. The molecule has 0 bridgehead atoms. The molecular weight excluding hydrogens is 264 g/mol. The van der Waals surface area contributed by atoms with Crippen molar-refractivity contribution in [2.24, 2.45) is 0 Å². The number of esters is 1. The summed E-state index contributed by atoms with van der Waals surface area (Å²) in [5.74, 6) is -0.753. The van der Waals surface area contributed by atoms with Crippen LogP contribution in [-0.2, 0) is 14.3 Å². The van der Waals surface area contributed by atoms with Gasteiger partial charge in [-0.05, 0) is 19.1 Å². The molecule has 2 atom stereocenters. The number of carbonyl (C=O) groups is 1. The van der Waals surface area contributed by atoms with Gasteiger partial charge in [0.25, 0.3) is 5.56 Å². The molecule has 2 aromatic heterocycles. The standard InChI is InChI=1S/C13H12N2O5/c1-2-19-13(18)10-9(20-10)7-8(16)6-4-3-5-14-11(6)15-12(7)17/h3-5,9-10H,2H2,1H3,(H2,14,15,16,17). The first-order valence-corrected chi connectivity index (χ1v) is 6.15. The predicted octanol–water partition coefficient (Wildman–Crippen LogP) is 0.632. The van der Waals surface area contributed by atoms with Gasteiger partial charge < -0.3 is 19.6 Å². The van der Waals surface area contributed by atoms with Gasteiger partial charge in [-0.3, -0.25) is 4.79 Å². The Kier molecular flexibility index (Phi) is 2.90. The summed E-state index contributed by atoms with van der Waals surface area (Å²) < 4.78 is 9.97. The van der Waals surface area contributed by atoms with Crippen LogP contribution in [-0.4, -0.2) is 33.8 Å². The van der Waals surface area contributed by atoms with Gasteiger partial charge in [0, 0.05) is 6.20 Å². The van der Waals surface area contributed by atoms with Crippen LogP contribution in [0.5, 0.6) is 5.75 Å². The summed E-state index contributed by atoms with van der Waals surface area (Å²) in [7, 11) is 0. The van der Waals surface area contributed by atoms with E-state index < -0.39 is 23.7 Å². The second-order valence-corrected chi connectivity index (χ2v) is 4.35. The molecular formula is C13H12N2O5. The number of aromatic amines is 1. The first-order chi connectivity index (χ1) is 9.63. The van der Waals surface area contributed by atoms with Gasteiger partial charge in [-0.1, -0.05) is 0 Å². The zero-order valence-electron chi connectivity index (χ0n) is 10.6. The molecule has 0 radical (unpaired) electrons. The van der Waals surface area contributed by atoms with Crippen LogP contribution in [0.25, 0.3) is 11.0 Å². The van der Waals surface area contributed by atoms with Crippen LogP contribution >= 0.6 is 0 Å². The van der Waals surface area contributed by atoms with Crippen molar-refractivity contribution in [1.82, 2.24) is 9.97 Å². The fraction of sp³-hybridized carbons (Fsp3) is 0.308. The van der Waals surface area contributed by atoms with Crippen LogP contribution in [0.15, 0.2) is 23.1 Å². The number of fused-ring (bicyclic) bond motifs is 1. The number of aromatic nitrogens is 2. The van der Waals surface area contributed by atoms with Crippen LogP contribution in [0.3, 0.4) is 0 Å². The Morgan fingerprint density at radius 1 is 1.60 bits per heavy atom. The quantitative estimate of drug-likeness (QED) is 0.629. The molecule has 2 unspecified atom stereocenters. The number of carbonyl (C=O) groups excluding carboxylic acids is 1. The third kappa shape index (κ3) is 1.92. The van der Waals surface area contributed by atoms with Gasteiger partial charge in [0.15, 0.2) is 6.10 Å². The average molecular weight is 276 g/mol. The molecule has 2 N–H and O–H groups in total. The number of rotatable bonds is 3. The predicted molar refractivity (Wildman–Crippen MR) is 68.3 cm³/mol. The van der Waals surface area contributed by atoms with Gasteiger partial charge in [-0.2, -0.15) is 0 Å². The van der Waals surface area contributed by atoms with Gasteiger partial charge in [-0.15, -0.1) is 0 Å². The lowest BCUT2D eigenvalue weighted by atomic mass is 10.1. The molecule has 1 aliphatic heterocycles. The zero-order valence-corrected chi connectivity index (χ0v) is 10.6. The van der Waals surface area contributed by atoms with Gasteiger partial charge in [0.1, 0.15) is 17.5 Å². The first kappa shape index (κ1) is 12.6. The number of nitrogens with one attached hydrogen (secondary N) is 1. The lowest BCUT2D eigenvalue weighted by Gasteiger charge is -2.04. The molecule has 2 aromatic rings. The van der Waals surface area contributed by atoms with E-state index in [9.17, 15) is 14.7 Å². The van der Waals surface area contributed by atoms with Crippen molar-refractivity contribution in [1.29, 1.82) is 0 Å². The monoisotopic (exact) mass is 276 g/mol. The van der Waals surface area contributed by atoms with E-state index in [1.165, 1.54) is 6.20 Å². The molecule has 20 heavy (non-hydrogen) atoms. The van der Waals surface area contributed by atoms with E-state index in [2.05, 4.69) is 9.97 Å². The van der Waals surface area contributed by atoms with E-state index >= 15 is 0 Å². The average Bonchev–Trinajstić information content (AvgIpc) is 3.19. The van der Waals surface area contributed by atoms with Crippen molar-refractivity contribution in [3.05, 3.63) is 34.2 Å². The number of aromatic hydroxyl groups is 1. The Hall–Kier alpha value is -2.41. The Bertz CT molecular complexity index is 739. The Balaban J connectivity index is 2.02. The maximum Gasteiger partial charge on any atom is 0.338 e. The Labute approximate surface area is 113 Å². The first-order valence-electron chi connectivity index (χ1n) is 6.15. The highest BCUT2D eigenvalue weighted by Crippen LogP contribution is 2.42. The summed E-state index contributed by atoms with van der Waals surface area (Å²) >= 11 is 0. The number of hydrogen-bond donors (Lipinski definition) is 2. The molecule has 0 amide bonds. The molecule has 104 valence electrons. The van der Waals surface area contributed by atoms with Crippen molar-refractivity contribution >= 4 is 17.0 Å². The number of nitrogens with zero attached hydrogens (tertiary/aromatic N) is 1. The fourth-order valence-corrected chi connectivity index (χ4v) is 2.12. The van der Waals surface area contributed by atoms with Crippen molar-refractivity contribution in [2.75, 3.05) is 6.61 Å².